The molecule has 0 unspecified atom stereocenters. The van der Waals surface area contributed by atoms with Gasteiger partial charge in [0.1, 0.15) is 30.4 Å². The summed E-state index contributed by atoms with van der Waals surface area (Å²) in [6, 6.07) is 3.91. The fourth-order valence-electron chi connectivity index (χ4n) is 5.24. The highest BCUT2D eigenvalue weighted by molar-refractivity contribution is 6.10. The monoisotopic (exact) mass is 448 g/mol. The van der Waals surface area contributed by atoms with E-state index < -0.39 is 5.92 Å². The Morgan fingerprint density at radius 1 is 1.21 bits per heavy atom. The van der Waals surface area contributed by atoms with Gasteiger partial charge in [-0.3, -0.25) is 19.4 Å². The van der Waals surface area contributed by atoms with Crippen LogP contribution in [0.4, 0.5) is 0 Å². The van der Waals surface area contributed by atoms with E-state index in [1.165, 1.54) is 11.3 Å². The SMILES string of the molecule is C=NN(/C=N\C)CC(=O)N1CCC2(CC1)CC(=O)C(c1c(C)cc(C#CC)cc1C)C(=O)C2. The van der Waals surface area contributed by atoms with Crippen LogP contribution in [0.1, 0.15) is 60.8 Å². The summed E-state index contributed by atoms with van der Waals surface area (Å²) in [4.78, 5) is 44.8. The second kappa shape index (κ2) is 10.1. The van der Waals surface area contributed by atoms with Crippen LogP contribution in [0.2, 0.25) is 0 Å². The first-order valence-electron chi connectivity index (χ1n) is 11.3. The normalized spacial score (nSPS) is 18.4. The molecule has 1 aromatic rings. The van der Waals surface area contributed by atoms with Gasteiger partial charge in [-0.25, -0.2) is 5.01 Å². The Morgan fingerprint density at radius 3 is 2.27 bits per heavy atom. The van der Waals surface area contributed by atoms with E-state index >= 15 is 0 Å². The maximum atomic E-state index is 13.3. The van der Waals surface area contributed by atoms with Gasteiger partial charge in [-0.15, -0.1) is 5.92 Å². The third-order valence-corrected chi connectivity index (χ3v) is 6.80. The van der Waals surface area contributed by atoms with Crippen LogP contribution in [-0.2, 0) is 14.4 Å². The highest BCUT2D eigenvalue weighted by atomic mass is 16.2. The quantitative estimate of drug-likeness (QED) is 0.228. The zero-order valence-electron chi connectivity index (χ0n) is 20.0. The van der Waals surface area contributed by atoms with Crippen LogP contribution >= 0.6 is 0 Å². The molecule has 0 bridgehead atoms. The molecule has 1 aromatic carbocycles. The second-order valence-corrected chi connectivity index (χ2v) is 9.11. The van der Waals surface area contributed by atoms with Crippen LogP contribution in [0.15, 0.2) is 22.2 Å². The number of aliphatic imine (C=N–C) groups is 1. The number of ketones is 2. The topological polar surface area (TPSA) is 82.4 Å². The van der Waals surface area contributed by atoms with Gasteiger partial charge in [-0.2, -0.15) is 5.10 Å². The highest BCUT2D eigenvalue weighted by Crippen LogP contribution is 2.46. The smallest absolute Gasteiger partial charge is 0.244 e. The third kappa shape index (κ3) is 5.22. The summed E-state index contributed by atoms with van der Waals surface area (Å²) in [5.74, 6) is 5.18. The van der Waals surface area contributed by atoms with Gasteiger partial charge in [-0.1, -0.05) is 5.92 Å². The maximum absolute atomic E-state index is 13.3. The van der Waals surface area contributed by atoms with Gasteiger partial charge in [0.25, 0.3) is 0 Å². The van der Waals surface area contributed by atoms with E-state index in [9.17, 15) is 14.4 Å². The lowest BCUT2D eigenvalue weighted by molar-refractivity contribution is -0.140. The number of rotatable bonds is 5. The van der Waals surface area contributed by atoms with Gasteiger partial charge in [-0.05, 0) is 67.9 Å². The molecule has 2 aliphatic rings. The molecule has 7 nitrogen and oxygen atoms in total. The molecule has 0 radical (unpaired) electrons. The van der Waals surface area contributed by atoms with Crippen molar-refractivity contribution in [3.8, 4) is 11.8 Å². The van der Waals surface area contributed by atoms with Gasteiger partial charge in [0.2, 0.25) is 5.91 Å². The maximum Gasteiger partial charge on any atom is 0.244 e. The first-order chi connectivity index (χ1) is 15.7. The van der Waals surface area contributed by atoms with Crippen LogP contribution in [0, 0.1) is 31.1 Å². The largest absolute Gasteiger partial charge is 0.341 e. The molecule has 3 rings (SSSR count). The number of hydrogen-bond donors (Lipinski definition) is 0. The average Bonchev–Trinajstić information content (AvgIpc) is 2.75. The minimum absolute atomic E-state index is 0.00672. The summed E-state index contributed by atoms with van der Waals surface area (Å²) in [5, 5.41) is 5.17. The standard InChI is InChI=1S/C26H32N4O3/c1-6-7-20-12-18(2)24(19(3)13-20)25-21(31)14-26(15-22(25)32)8-10-29(11-9-26)23(33)16-30(28-5)17-27-4/h12-13,17,25H,5,8-11,14-16H2,1-4H3/b27-17-. The molecule has 7 heteroatoms. The third-order valence-electron chi connectivity index (χ3n) is 6.80. The van der Waals surface area contributed by atoms with Gasteiger partial charge in [0.05, 0.1) is 0 Å². The molecule has 0 atom stereocenters. The van der Waals surface area contributed by atoms with Crippen molar-refractivity contribution < 1.29 is 14.4 Å². The van der Waals surface area contributed by atoms with Crippen molar-refractivity contribution in [2.45, 2.75) is 52.4 Å². The van der Waals surface area contributed by atoms with Crippen molar-refractivity contribution in [2.24, 2.45) is 15.5 Å². The molecular formula is C26H32N4O3. The molecule has 0 N–H and O–H groups in total. The zero-order chi connectivity index (χ0) is 24.2. The van der Waals surface area contributed by atoms with Crippen molar-refractivity contribution >= 4 is 30.5 Å². The second-order valence-electron chi connectivity index (χ2n) is 9.11. The Hall–Kier alpha value is -3.27. The minimum atomic E-state index is -0.695. The van der Waals surface area contributed by atoms with Crippen molar-refractivity contribution in [1.82, 2.24) is 9.91 Å². The lowest BCUT2D eigenvalue weighted by Crippen LogP contribution is -2.49. The molecule has 174 valence electrons. The number of carbonyl (C=O) groups excluding carboxylic acids is 3. The number of piperidine rings is 1. The molecule has 1 amide bonds. The first kappa shape index (κ1) is 24.4. The van der Waals surface area contributed by atoms with E-state index in [2.05, 4.69) is 28.7 Å². The fraction of sp³-hybridized carbons (Fsp3) is 0.500. The van der Waals surface area contributed by atoms with Crippen molar-refractivity contribution in [3.63, 3.8) is 0 Å². The fourth-order valence-corrected chi connectivity index (χ4v) is 5.24. The van der Waals surface area contributed by atoms with E-state index in [4.69, 9.17) is 0 Å². The van der Waals surface area contributed by atoms with E-state index in [0.29, 0.717) is 38.8 Å². The molecule has 2 fully saturated rings. The number of amides is 1. The molecule has 1 saturated heterocycles. The number of Topliss-reactive ketones (excluding diaryl/α,β-unsaturated/α-hetero) is 2. The summed E-state index contributed by atoms with van der Waals surface area (Å²) < 4.78 is 0. The molecule has 1 aliphatic carbocycles. The zero-order valence-corrected chi connectivity index (χ0v) is 20.0. The van der Waals surface area contributed by atoms with E-state index in [-0.39, 0.29) is 29.4 Å². The number of carbonyl (C=O) groups is 3. The minimum Gasteiger partial charge on any atom is -0.341 e. The summed E-state index contributed by atoms with van der Waals surface area (Å²) >= 11 is 0. The summed E-state index contributed by atoms with van der Waals surface area (Å²) in [5.41, 5.74) is 3.26. The number of nitrogens with zero attached hydrogens (tertiary/aromatic N) is 4. The lowest BCUT2D eigenvalue weighted by atomic mass is 9.62. The molecule has 1 aliphatic heterocycles. The lowest BCUT2D eigenvalue weighted by Gasteiger charge is -2.45. The van der Waals surface area contributed by atoms with Crippen LogP contribution in [0.5, 0.6) is 0 Å². The number of hydrazone groups is 1. The molecule has 1 saturated carbocycles. The molecule has 0 aromatic heterocycles. The van der Waals surface area contributed by atoms with Crippen LogP contribution in [0.3, 0.4) is 0 Å². The Balaban J connectivity index is 1.70. The van der Waals surface area contributed by atoms with Crippen LogP contribution < -0.4 is 0 Å². The van der Waals surface area contributed by atoms with Gasteiger partial charge < -0.3 is 4.90 Å². The summed E-state index contributed by atoms with van der Waals surface area (Å²) in [6.45, 7) is 10.3. The van der Waals surface area contributed by atoms with Gasteiger partial charge in [0, 0.05) is 45.3 Å². The predicted octanol–water partition coefficient (Wildman–Crippen LogP) is 2.87. The Bertz CT molecular complexity index is 1010. The van der Waals surface area contributed by atoms with Crippen molar-refractivity contribution in [1.29, 1.82) is 0 Å². The average molecular weight is 449 g/mol. The summed E-state index contributed by atoms with van der Waals surface area (Å²) in [7, 11) is 1.61. The first-order valence-corrected chi connectivity index (χ1v) is 11.3. The van der Waals surface area contributed by atoms with Gasteiger partial charge >= 0.3 is 0 Å². The van der Waals surface area contributed by atoms with E-state index in [0.717, 1.165) is 22.3 Å². The highest BCUT2D eigenvalue weighted by Gasteiger charge is 2.47. The predicted molar refractivity (Wildman–Crippen MR) is 129 cm³/mol. The molecular weight excluding hydrogens is 416 g/mol. The number of benzene rings is 1. The van der Waals surface area contributed by atoms with E-state index in [1.54, 1.807) is 18.9 Å². The van der Waals surface area contributed by atoms with Crippen LogP contribution in [0.25, 0.3) is 0 Å². The number of hydrogen-bond acceptors (Lipinski definition) is 5. The molecule has 1 spiro atoms. The molecule has 1 heterocycles. The van der Waals surface area contributed by atoms with E-state index in [1.807, 2.05) is 26.0 Å². The Kier molecular flexibility index (Phi) is 7.47. The Morgan fingerprint density at radius 2 is 1.79 bits per heavy atom. The van der Waals surface area contributed by atoms with Gasteiger partial charge in [0.15, 0.2) is 0 Å². The molecule has 33 heavy (non-hydrogen) atoms. The summed E-state index contributed by atoms with van der Waals surface area (Å²) in [6.07, 6.45) is 3.51. The Labute approximate surface area is 195 Å². The number of likely N-dealkylation sites (tertiary alicyclic amines) is 1. The van der Waals surface area contributed by atoms with Crippen molar-refractivity contribution in [2.75, 3.05) is 26.7 Å². The van der Waals surface area contributed by atoms with Crippen molar-refractivity contribution in [3.05, 3.63) is 34.4 Å². The number of aryl methyl sites for hydroxylation is 2. The van der Waals surface area contributed by atoms with Crippen LogP contribution in [-0.4, -0.2) is 67.1 Å².